The van der Waals surface area contributed by atoms with Crippen molar-refractivity contribution in [3.63, 3.8) is 0 Å². The van der Waals surface area contributed by atoms with Crippen molar-refractivity contribution in [1.82, 2.24) is 4.90 Å². The number of methoxy groups -OCH3 is 2. The van der Waals surface area contributed by atoms with Gasteiger partial charge in [-0.05, 0) is 37.2 Å². The molecule has 1 N–H and O–H groups in total. The molecule has 0 atom stereocenters. The zero-order chi connectivity index (χ0) is 15.0. The molecule has 0 radical (unpaired) electrons. The van der Waals surface area contributed by atoms with E-state index in [4.69, 9.17) is 21.7 Å². The van der Waals surface area contributed by atoms with E-state index in [0.29, 0.717) is 11.5 Å². The standard InChI is InChI=1S/C15H24N2O2S/c1-5-9-17(10-6-2)15(20)16-12-7-8-13(18-3)14(11-12)19-4/h7-8,11H,5-6,9-10H2,1-4H3,(H,16,20). The summed E-state index contributed by atoms with van der Waals surface area (Å²) in [6.45, 7) is 6.24. The Morgan fingerprint density at radius 3 is 2.20 bits per heavy atom. The van der Waals surface area contributed by atoms with E-state index in [1.165, 1.54) is 0 Å². The fourth-order valence-corrected chi connectivity index (χ4v) is 2.27. The third-order valence-electron chi connectivity index (χ3n) is 2.91. The molecular weight excluding hydrogens is 272 g/mol. The van der Waals surface area contributed by atoms with Crippen LogP contribution in [0, 0.1) is 0 Å². The second-order valence-corrected chi connectivity index (χ2v) is 4.87. The summed E-state index contributed by atoms with van der Waals surface area (Å²) in [5, 5.41) is 4.01. The predicted molar refractivity (Wildman–Crippen MR) is 87.9 cm³/mol. The normalized spacial score (nSPS) is 10.0. The predicted octanol–water partition coefficient (Wildman–Crippen LogP) is 3.52. The van der Waals surface area contributed by atoms with Crippen LogP contribution in [0.2, 0.25) is 0 Å². The molecule has 0 aromatic heterocycles. The summed E-state index contributed by atoms with van der Waals surface area (Å²) in [6.07, 6.45) is 2.15. The maximum Gasteiger partial charge on any atom is 0.173 e. The van der Waals surface area contributed by atoms with Crippen molar-refractivity contribution in [3.05, 3.63) is 18.2 Å². The van der Waals surface area contributed by atoms with Crippen LogP contribution in [-0.4, -0.2) is 37.3 Å². The number of thiocarbonyl (C=S) groups is 1. The molecule has 0 spiro atoms. The molecule has 0 fully saturated rings. The average Bonchev–Trinajstić information content (AvgIpc) is 2.46. The molecule has 0 unspecified atom stereocenters. The topological polar surface area (TPSA) is 33.7 Å². The van der Waals surface area contributed by atoms with Crippen molar-refractivity contribution >= 4 is 23.0 Å². The molecule has 5 heteroatoms. The summed E-state index contributed by atoms with van der Waals surface area (Å²) in [4.78, 5) is 2.19. The average molecular weight is 296 g/mol. The number of benzene rings is 1. The lowest BCUT2D eigenvalue weighted by Gasteiger charge is -2.25. The van der Waals surface area contributed by atoms with Gasteiger partial charge in [-0.25, -0.2) is 0 Å². The molecule has 0 heterocycles. The minimum absolute atomic E-state index is 0.692. The van der Waals surface area contributed by atoms with Gasteiger partial charge in [0, 0.05) is 24.8 Å². The lowest BCUT2D eigenvalue weighted by atomic mass is 10.2. The third kappa shape index (κ3) is 4.56. The monoisotopic (exact) mass is 296 g/mol. The van der Waals surface area contributed by atoms with Crippen LogP contribution < -0.4 is 14.8 Å². The van der Waals surface area contributed by atoms with Crippen molar-refractivity contribution < 1.29 is 9.47 Å². The Kier molecular flexibility index (Phi) is 7.15. The van der Waals surface area contributed by atoms with Crippen LogP contribution in [0.25, 0.3) is 0 Å². The van der Waals surface area contributed by atoms with Gasteiger partial charge in [0.2, 0.25) is 0 Å². The van der Waals surface area contributed by atoms with Crippen LogP contribution in [0.3, 0.4) is 0 Å². The van der Waals surface area contributed by atoms with Crippen molar-refractivity contribution in [2.45, 2.75) is 26.7 Å². The van der Waals surface area contributed by atoms with Crippen molar-refractivity contribution in [2.24, 2.45) is 0 Å². The van der Waals surface area contributed by atoms with Gasteiger partial charge in [-0.3, -0.25) is 0 Å². The van der Waals surface area contributed by atoms with E-state index in [1.807, 2.05) is 18.2 Å². The number of hydrogen-bond acceptors (Lipinski definition) is 3. The van der Waals surface area contributed by atoms with E-state index in [0.717, 1.165) is 36.7 Å². The van der Waals surface area contributed by atoms with Gasteiger partial charge in [0.15, 0.2) is 16.6 Å². The largest absolute Gasteiger partial charge is 0.493 e. The number of nitrogens with zero attached hydrogens (tertiary/aromatic N) is 1. The van der Waals surface area contributed by atoms with Crippen LogP contribution in [-0.2, 0) is 0 Å². The Hall–Kier alpha value is -1.49. The number of ether oxygens (including phenoxy) is 2. The lowest BCUT2D eigenvalue weighted by molar-refractivity contribution is 0.355. The van der Waals surface area contributed by atoms with Gasteiger partial charge in [-0.15, -0.1) is 0 Å². The van der Waals surface area contributed by atoms with Crippen LogP contribution in [0.5, 0.6) is 11.5 Å². The molecule has 0 amide bonds. The summed E-state index contributed by atoms with van der Waals surface area (Å²) in [7, 11) is 3.25. The first-order chi connectivity index (χ1) is 9.65. The van der Waals surface area contributed by atoms with E-state index >= 15 is 0 Å². The van der Waals surface area contributed by atoms with E-state index in [2.05, 4.69) is 24.1 Å². The van der Waals surface area contributed by atoms with E-state index in [1.54, 1.807) is 14.2 Å². The molecule has 20 heavy (non-hydrogen) atoms. The molecule has 1 aromatic rings. The molecule has 0 aliphatic carbocycles. The Morgan fingerprint density at radius 1 is 1.10 bits per heavy atom. The first-order valence-corrected chi connectivity index (χ1v) is 7.35. The Morgan fingerprint density at radius 2 is 1.70 bits per heavy atom. The van der Waals surface area contributed by atoms with Crippen LogP contribution in [0.4, 0.5) is 5.69 Å². The molecule has 0 saturated carbocycles. The zero-order valence-electron chi connectivity index (χ0n) is 12.7. The maximum absolute atomic E-state index is 5.47. The van der Waals surface area contributed by atoms with Gasteiger partial charge in [0.05, 0.1) is 14.2 Å². The van der Waals surface area contributed by atoms with Crippen molar-refractivity contribution in [1.29, 1.82) is 0 Å². The molecule has 0 aliphatic heterocycles. The first kappa shape index (κ1) is 16.6. The fourth-order valence-electron chi connectivity index (χ4n) is 1.97. The summed E-state index contributed by atoms with van der Waals surface area (Å²) < 4.78 is 10.5. The molecule has 0 saturated heterocycles. The lowest BCUT2D eigenvalue weighted by Crippen LogP contribution is -2.35. The molecule has 112 valence electrons. The Balaban J connectivity index is 2.78. The van der Waals surface area contributed by atoms with Crippen molar-refractivity contribution in [2.75, 3.05) is 32.6 Å². The summed E-state index contributed by atoms with van der Waals surface area (Å²) in [5.41, 5.74) is 0.907. The van der Waals surface area contributed by atoms with Crippen LogP contribution >= 0.6 is 12.2 Å². The summed E-state index contributed by atoms with van der Waals surface area (Å²) in [5.74, 6) is 1.40. The van der Waals surface area contributed by atoms with Gasteiger partial charge in [0.25, 0.3) is 0 Å². The van der Waals surface area contributed by atoms with Crippen LogP contribution in [0.1, 0.15) is 26.7 Å². The zero-order valence-corrected chi connectivity index (χ0v) is 13.5. The highest BCUT2D eigenvalue weighted by Crippen LogP contribution is 2.29. The third-order valence-corrected chi connectivity index (χ3v) is 3.27. The van der Waals surface area contributed by atoms with E-state index in [9.17, 15) is 0 Å². The van der Waals surface area contributed by atoms with Crippen molar-refractivity contribution in [3.8, 4) is 11.5 Å². The van der Waals surface area contributed by atoms with E-state index in [-0.39, 0.29) is 0 Å². The number of anilines is 1. The summed E-state index contributed by atoms with van der Waals surface area (Å²) in [6, 6.07) is 5.69. The number of hydrogen-bond donors (Lipinski definition) is 1. The molecular formula is C15H24N2O2S. The highest BCUT2D eigenvalue weighted by Gasteiger charge is 2.10. The minimum Gasteiger partial charge on any atom is -0.493 e. The number of nitrogens with one attached hydrogen (secondary N) is 1. The first-order valence-electron chi connectivity index (χ1n) is 6.94. The van der Waals surface area contributed by atoms with Gasteiger partial charge in [0.1, 0.15) is 0 Å². The highest BCUT2D eigenvalue weighted by atomic mass is 32.1. The number of rotatable bonds is 7. The minimum atomic E-state index is 0.692. The molecule has 0 bridgehead atoms. The second-order valence-electron chi connectivity index (χ2n) is 4.49. The second kappa shape index (κ2) is 8.64. The van der Waals surface area contributed by atoms with Gasteiger partial charge < -0.3 is 19.7 Å². The van der Waals surface area contributed by atoms with Gasteiger partial charge in [-0.1, -0.05) is 13.8 Å². The molecule has 1 aromatic carbocycles. The quantitative estimate of drug-likeness (QED) is 0.779. The molecule has 4 nitrogen and oxygen atoms in total. The Bertz CT molecular complexity index is 432. The SMILES string of the molecule is CCCN(CCC)C(=S)Nc1ccc(OC)c(OC)c1. The highest BCUT2D eigenvalue weighted by molar-refractivity contribution is 7.80. The van der Waals surface area contributed by atoms with Crippen LogP contribution in [0.15, 0.2) is 18.2 Å². The smallest absolute Gasteiger partial charge is 0.173 e. The van der Waals surface area contributed by atoms with Gasteiger partial charge >= 0.3 is 0 Å². The molecule has 1 rings (SSSR count). The maximum atomic E-state index is 5.47. The Labute approximate surface area is 127 Å². The van der Waals surface area contributed by atoms with Gasteiger partial charge in [-0.2, -0.15) is 0 Å². The van der Waals surface area contributed by atoms with E-state index < -0.39 is 0 Å². The molecule has 0 aliphatic rings. The fraction of sp³-hybridized carbons (Fsp3) is 0.533. The summed E-state index contributed by atoms with van der Waals surface area (Å²) >= 11 is 5.47.